The first-order chi connectivity index (χ1) is 9.19. The number of nitrogens with one attached hydrogen (secondary N) is 1. The zero-order chi connectivity index (χ0) is 13.7. The van der Waals surface area contributed by atoms with E-state index in [9.17, 15) is 9.59 Å². The van der Waals surface area contributed by atoms with Gasteiger partial charge in [0.2, 0.25) is 5.91 Å². The van der Waals surface area contributed by atoms with Gasteiger partial charge in [0.25, 0.3) is 0 Å². The molecule has 1 aromatic heterocycles. The van der Waals surface area contributed by atoms with Crippen LogP contribution in [0.25, 0.3) is 0 Å². The summed E-state index contributed by atoms with van der Waals surface area (Å²) in [5.74, 6) is 0.0246. The normalized spacial score (nSPS) is 9.95. The molecular formula is C14H13NO3S. The Morgan fingerprint density at radius 1 is 1.21 bits per heavy atom. The smallest absolute Gasteiger partial charge is 0.353 e. The van der Waals surface area contributed by atoms with E-state index in [-0.39, 0.29) is 11.9 Å². The van der Waals surface area contributed by atoms with Crippen molar-refractivity contribution in [2.75, 3.05) is 5.32 Å². The standard InChI is InChI=1S/C14H13NO3S/c1-2-13(16)15-10-5-7-11(8-6-10)18-14(17)12-4-3-9-19-12/h3-9H,2H2,1H3,(H,15,16). The minimum atomic E-state index is -0.375. The number of ether oxygens (including phenoxy) is 1. The molecule has 0 aliphatic heterocycles. The quantitative estimate of drug-likeness (QED) is 0.688. The van der Waals surface area contributed by atoms with Crippen LogP contribution >= 0.6 is 11.3 Å². The Labute approximate surface area is 115 Å². The average molecular weight is 275 g/mol. The van der Waals surface area contributed by atoms with Gasteiger partial charge in [-0.25, -0.2) is 4.79 Å². The molecule has 1 aromatic carbocycles. The highest BCUT2D eigenvalue weighted by atomic mass is 32.1. The topological polar surface area (TPSA) is 55.4 Å². The van der Waals surface area contributed by atoms with E-state index in [1.54, 1.807) is 43.3 Å². The minimum absolute atomic E-state index is 0.0525. The molecule has 19 heavy (non-hydrogen) atoms. The van der Waals surface area contributed by atoms with Crippen molar-refractivity contribution >= 4 is 28.9 Å². The Balaban J connectivity index is 1.99. The van der Waals surface area contributed by atoms with E-state index in [1.807, 2.05) is 5.38 Å². The van der Waals surface area contributed by atoms with Gasteiger partial charge in [0.15, 0.2) is 0 Å². The molecule has 2 aromatic rings. The van der Waals surface area contributed by atoms with Crippen molar-refractivity contribution < 1.29 is 14.3 Å². The third kappa shape index (κ3) is 3.66. The molecule has 1 heterocycles. The van der Waals surface area contributed by atoms with Crippen LogP contribution in [0.4, 0.5) is 5.69 Å². The van der Waals surface area contributed by atoms with Crippen LogP contribution in [0.2, 0.25) is 0 Å². The Hall–Kier alpha value is -2.14. The van der Waals surface area contributed by atoms with Crippen molar-refractivity contribution in [2.45, 2.75) is 13.3 Å². The Morgan fingerprint density at radius 3 is 2.53 bits per heavy atom. The summed E-state index contributed by atoms with van der Waals surface area (Å²) in [6.07, 6.45) is 0.426. The molecule has 1 amide bonds. The van der Waals surface area contributed by atoms with Gasteiger partial charge in [0.05, 0.1) is 0 Å². The molecule has 0 saturated heterocycles. The number of thiophene rings is 1. The molecule has 2 rings (SSSR count). The van der Waals surface area contributed by atoms with Gasteiger partial charge in [0.1, 0.15) is 10.6 Å². The second-order valence-electron chi connectivity index (χ2n) is 3.79. The van der Waals surface area contributed by atoms with Crippen LogP contribution in [-0.4, -0.2) is 11.9 Å². The van der Waals surface area contributed by atoms with E-state index in [0.717, 1.165) is 0 Å². The maximum absolute atomic E-state index is 11.7. The van der Waals surface area contributed by atoms with Crippen molar-refractivity contribution in [3.63, 3.8) is 0 Å². The number of carbonyl (C=O) groups excluding carboxylic acids is 2. The van der Waals surface area contributed by atoms with Gasteiger partial charge in [-0.2, -0.15) is 0 Å². The number of anilines is 1. The van der Waals surface area contributed by atoms with Gasteiger partial charge < -0.3 is 10.1 Å². The summed E-state index contributed by atoms with van der Waals surface area (Å²) in [6.45, 7) is 1.78. The largest absolute Gasteiger partial charge is 0.422 e. The number of benzene rings is 1. The van der Waals surface area contributed by atoms with Crippen molar-refractivity contribution in [2.24, 2.45) is 0 Å². The van der Waals surface area contributed by atoms with Gasteiger partial charge in [-0.05, 0) is 35.7 Å². The molecule has 0 aliphatic carbocycles. The molecule has 98 valence electrons. The lowest BCUT2D eigenvalue weighted by molar-refractivity contribution is -0.115. The average Bonchev–Trinajstić information content (AvgIpc) is 2.95. The zero-order valence-electron chi connectivity index (χ0n) is 10.4. The fourth-order valence-electron chi connectivity index (χ4n) is 1.41. The third-order valence-corrected chi connectivity index (χ3v) is 3.24. The summed E-state index contributed by atoms with van der Waals surface area (Å²) in [5.41, 5.74) is 0.683. The molecule has 0 bridgehead atoms. The number of carbonyl (C=O) groups is 2. The highest BCUT2D eigenvalue weighted by Crippen LogP contribution is 2.18. The summed E-state index contributed by atoms with van der Waals surface area (Å²) in [6, 6.07) is 10.2. The van der Waals surface area contributed by atoms with Gasteiger partial charge in [-0.15, -0.1) is 11.3 Å². The Bertz CT molecular complexity index is 561. The van der Waals surface area contributed by atoms with Crippen LogP contribution in [0, 0.1) is 0 Å². The summed E-state index contributed by atoms with van der Waals surface area (Å²) >= 11 is 1.33. The van der Waals surface area contributed by atoms with Crippen LogP contribution in [0.1, 0.15) is 23.0 Å². The SMILES string of the molecule is CCC(=O)Nc1ccc(OC(=O)c2cccs2)cc1. The Morgan fingerprint density at radius 2 is 1.95 bits per heavy atom. The van der Waals surface area contributed by atoms with Gasteiger partial charge >= 0.3 is 5.97 Å². The summed E-state index contributed by atoms with van der Waals surface area (Å²) < 4.78 is 5.20. The fourth-order valence-corrected chi connectivity index (χ4v) is 2.01. The van der Waals surface area contributed by atoms with Crippen LogP contribution in [0.3, 0.4) is 0 Å². The number of esters is 1. The third-order valence-electron chi connectivity index (χ3n) is 2.39. The lowest BCUT2D eigenvalue weighted by Gasteiger charge is -2.05. The number of amides is 1. The van der Waals surface area contributed by atoms with E-state index in [2.05, 4.69) is 5.32 Å². The maximum Gasteiger partial charge on any atom is 0.353 e. The predicted molar refractivity (Wildman–Crippen MR) is 74.6 cm³/mol. The fraction of sp³-hybridized carbons (Fsp3) is 0.143. The monoisotopic (exact) mass is 275 g/mol. The lowest BCUT2D eigenvalue weighted by atomic mass is 10.3. The molecule has 5 heteroatoms. The molecule has 1 N–H and O–H groups in total. The highest BCUT2D eigenvalue weighted by Gasteiger charge is 2.09. The molecule has 0 atom stereocenters. The van der Waals surface area contributed by atoms with Crippen LogP contribution in [0.5, 0.6) is 5.75 Å². The highest BCUT2D eigenvalue weighted by molar-refractivity contribution is 7.12. The molecule has 0 spiro atoms. The number of hydrogen-bond acceptors (Lipinski definition) is 4. The van der Waals surface area contributed by atoms with E-state index >= 15 is 0 Å². The first-order valence-electron chi connectivity index (χ1n) is 5.84. The second kappa shape index (κ2) is 6.15. The Kier molecular flexibility index (Phi) is 4.30. The summed E-state index contributed by atoms with van der Waals surface area (Å²) in [4.78, 5) is 23.5. The zero-order valence-corrected chi connectivity index (χ0v) is 11.2. The summed E-state index contributed by atoms with van der Waals surface area (Å²) in [7, 11) is 0. The molecule has 4 nitrogen and oxygen atoms in total. The maximum atomic E-state index is 11.7. The van der Waals surface area contributed by atoms with E-state index in [4.69, 9.17) is 4.74 Å². The van der Waals surface area contributed by atoms with Crippen LogP contribution in [-0.2, 0) is 4.79 Å². The molecule has 0 aliphatic rings. The van der Waals surface area contributed by atoms with Crippen molar-refractivity contribution in [3.8, 4) is 5.75 Å². The molecule has 0 radical (unpaired) electrons. The second-order valence-corrected chi connectivity index (χ2v) is 4.74. The molecule has 0 unspecified atom stereocenters. The van der Waals surface area contributed by atoms with Gasteiger partial charge in [0, 0.05) is 12.1 Å². The van der Waals surface area contributed by atoms with E-state index < -0.39 is 0 Å². The number of hydrogen-bond donors (Lipinski definition) is 1. The molecular weight excluding hydrogens is 262 g/mol. The predicted octanol–water partition coefficient (Wildman–Crippen LogP) is 3.32. The van der Waals surface area contributed by atoms with Gasteiger partial charge in [-0.1, -0.05) is 13.0 Å². The van der Waals surface area contributed by atoms with Crippen molar-refractivity contribution in [1.29, 1.82) is 0 Å². The van der Waals surface area contributed by atoms with Gasteiger partial charge in [-0.3, -0.25) is 4.79 Å². The minimum Gasteiger partial charge on any atom is -0.422 e. The first kappa shape index (κ1) is 13.3. The van der Waals surface area contributed by atoms with Crippen LogP contribution < -0.4 is 10.1 Å². The van der Waals surface area contributed by atoms with E-state index in [1.165, 1.54) is 11.3 Å². The van der Waals surface area contributed by atoms with Crippen LogP contribution in [0.15, 0.2) is 41.8 Å². The van der Waals surface area contributed by atoms with Crippen molar-refractivity contribution in [1.82, 2.24) is 0 Å². The first-order valence-corrected chi connectivity index (χ1v) is 6.72. The van der Waals surface area contributed by atoms with E-state index in [0.29, 0.717) is 22.7 Å². The van der Waals surface area contributed by atoms with Crippen molar-refractivity contribution in [3.05, 3.63) is 46.7 Å². The molecule has 0 saturated carbocycles. The number of rotatable bonds is 4. The summed E-state index contributed by atoms with van der Waals surface area (Å²) in [5, 5.41) is 4.54. The lowest BCUT2D eigenvalue weighted by Crippen LogP contribution is -2.09. The molecule has 0 fully saturated rings.